The molecule has 1 amide bonds. The molecule has 0 aliphatic carbocycles. The third-order valence-electron chi connectivity index (χ3n) is 4.91. The Morgan fingerprint density at radius 3 is 2.50 bits per heavy atom. The average molecular weight is 602 g/mol. The molecule has 210 valence electrons. The molecular weight excluding hydrogens is 581 g/mol. The number of amides is 1. The Labute approximate surface area is 211 Å². The highest BCUT2D eigenvalue weighted by Gasteiger charge is 2.54. The number of phosphoric ester groups is 1. The number of aromatic nitrogens is 3. The third kappa shape index (κ3) is 6.82. The molecule has 2 aromatic heterocycles. The average Bonchev–Trinajstić information content (AvgIpc) is 3.23. The molecule has 1 aliphatic heterocycles. The SMILES string of the molecule is C[C@@]1(O)[C@H](O)[C@@H](COP(=O)(O)OP(=O)(O)OP(=O)(O)O)O[C@H]1n1cc(C#CC(=O)NN)c2c(N)ncnc21. The Kier molecular flexibility index (Phi) is 8.51. The van der Waals surface area contributed by atoms with Crippen LogP contribution in [0.25, 0.3) is 11.0 Å². The molecule has 0 spiro atoms. The highest BCUT2D eigenvalue weighted by Crippen LogP contribution is 2.66. The van der Waals surface area contributed by atoms with Gasteiger partial charge in [0.05, 0.1) is 17.6 Å². The lowest BCUT2D eigenvalue weighted by atomic mass is 9.96. The van der Waals surface area contributed by atoms with E-state index in [1.54, 1.807) is 0 Å². The van der Waals surface area contributed by atoms with E-state index in [1.165, 1.54) is 10.8 Å². The summed E-state index contributed by atoms with van der Waals surface area (Å²) in [5.74, 6) is 8.79. The van der Waals surface area contributed by atoms with Crippen molar-refractivity contribution in [3.05, 3.63) is 18.1 Å². The van der Waals surface area contributed by atoms with E-state index in [0.717, 1.165) is 13.3 Å². The molecule has 1 aliphatic rings. The minimum Gasteiger partial charge on any atom is -0.387 e. The number of fused-ring (bicyclic) bond motifs is 1. The maximum absolute atomic E-state index is 12.0. The standard InChI is InChI=1S/C15H21N6O14P3/c1-15(24)11(23)8(5-32-37(28,29)35-38(30,31)34-36(25,26)27)33-14(15)21-4-7(2-3-9(22)20-17)10-12(16)18-6-19-13(10)21/h4,6,8,11,14,23-24H,5,17H2,1H3,(H,20,22)(H,28,29)(H,30,31)(H2,16,18,19)(H2,25,26,27)/t8-,11-,14-,15-/m1/s1. The smallest absolute Gasteiger partial charge is 0.387 e. The van der Waals surface area contributed by atoms with Crippen LogP contribution in [-0.2, 0) is 36.4 Å². The molecule has 1 fully saturated rings. The van der Waals surface area contributed by atoms with E-state index >= 15 is 0 Å². The number of anilines is 1. The van der Waals surface area contributed by atoms with Crippen molar-refractivity contribution in [3.63, 3.8) is 0 Å². The Hall–Kier alpha value is -2.30. The predicted octanol–water partition coefficient (Wildman–Crippen LogP) is -2.29. The van der Waals surface area contributed by atoms with E-state index in [-0.39, 0.29) is 22.4 Å². The molecule has 38 heavy (non-hydrogen) atoms. The van der Waals surface area contributed by atoms with Crippen LogP contribution in [0.5, 0.6) is 0 Å². The van der Waals surface area contributed by atoms with Gasteiger partial charge in [0.1, 0.15) is 35.6 Å². The molecule has 0 aromatic carbocycles. The second-order valence-corrected chi connectivity index (χ2v) is 12.1. The Morgan fingerprint density at radius 2 is 1.89 bits per heavy atom. The maximum Gasteiger partial charge on any atom is 0.490 e. The van der Waals surface area contributed by atoms with Crippen LogP contribution in [0.2, 0.25) is 0 Å². The molecule has 23 heteroatoms. The quantitative estimate of drug-likeness (QED) is 0.0504. The van der Waals surface area contributed by atoms with Gasteiger partial charge in [0, 0.05) is 12.1 Å². The predicted molar refractivity (Wildman–Crippen MR) is 122 cm³/mol. The Morgan fingerprint density at radius 1 is 1.24 bits per heavy atom. The first-order valence-corrected chi connectivity index (χ1v) is 14.4. The van der Waals surface area contributed by atoms with Crippen LogP contribution in [0.4, 0.5) is 5.82 Å². The summed E-state index contributed by atoms with van der Waals surface area (Å²) in [7, 11) is -16.9. The number of carbonyl (C=O) groups is 1. The van der Waals surface area contributed by atoms with Crippen molar-refractivity contribution in [2.45, 2.75) is 31.0 Å². The van der Waals surface area contributed by atoms with Gasteiger partial charge < -0.3 is 44.8 Å². The van der Waals surface area contributed by atoms with E-state index in [2.05, 4.69) is 35.0 Å². The number of nitrogens with two attached hydrogens (primary N) is 2. The van der Waals surface area contributed by atoms with E-state index in [4.69, 9.17) is 26.1 Å². The van der Waals surface area contributed by atoms with Crippen LogP contribution >= 0.6 is 23.5 Å². The minimum absolute atomic E-state index is 0.0426. The van der Waals surface area contributed by atoms with Gasteiger partial charge in [-0.1, -0.05) is 5.92 Å². The van der Waals surface area contributed by atoms with Gasteiger partial charge in [-0.3, -0.25) is 14.7 Å². The summed E-state index contributed by atoms with van der Waals surface area (Å²) in [6.45, 7) is 0.0912. The number of phosphoric acid groups is 3. The topological polar surface area (TPSA) is 321 Å². The second-order valence-electron chi connectivity index (χ2n) is 7.72. The lowest BCUT2D eigenvalue weighted by Gasteiger charge is -2.27. The normalized spacial score (nSPS) is 26.8. The monoisotopic (exact) mass is 602 g/mol. The molecule has 11 N–H and O–H groups in total. The largest absolute Gasteiger partial charge is 0.490 e. The number of rotatable bonds is 8. The summed E-state index contributed by atoms with van der Waals surface area (Å²) in [6.07, 6.45) is -2.56. The first kappa shape index (κ1) is 30.2. The Balaban J connectivity index is 1.87. The zero-order chi connectivity index (χ0) is 28.7. The molecule has 0 saturated carbocycles. The van der Waals surface area contributed by atoms with Crippen molar-refractivity contribution >= 4 is 46.2 Å². The van der Waals surface area contributed by atoms with Crippen molar-refractivity contribution < 1.29 is 66.2 Å². The third-order valence-corrected chi connectivity index (χ3v) is 8.71. The fraction of sp³-hybridized carbons (Fsp3) is 0.400. The second kappa shape index (κ2) is 10.7. The van der Waals surface area contributed by atoms with Gasteiger partial charge in [-0.2, -0.15) is 8.62 Å². The van der Waals surface area contributed by atoms with Gasteiger partial charge in [-0.15, -0.1) is 0 Å². The fourth-order valence-electron chi connectivity index (χ4n) is 3.39. The summed E-state index contributed by atoms with van der Waals surface area (Å²) in [5, 5.41) is 21.7. The summed E-state index contributed by atoms with van der Waals surface area (Å²) in [4.78, 5) is 55.4. The number of hydrogen-bond acceptors (Lipinski definition) is 14. The molecule has 0 radical (unpaired) electrons. The number of carbonyl (C=O) groups excluding carboxylic acids is 1. The molecular formula is C15H21N6O14P3. The highest BCUT2D eigenvalue weighted by molar-refractivity contribution is 7.66. The Bertz CT molecular complexity index is 1450. The number of hydrazine groups is 1. The minimum atomic E-state index is -5.78. The molecule has 1 saturated heterocycles. The van der Waals surface area contributed by atoms with Gasteiger partial charge in [-0.25, -0.2) is 29.5 Å². The number of ether oxygens (including phenoxy) is 1. The van der Waals surface area contributed by atoms with Crippen LogP contribution in [0, 0.1) is 11.8 Å². The summed E-state index contributed by atoms with van der Waals surface area (Å²) in [5.41, 5.74) is 5.72. The molecule has 3 rings (SSSR count). The van der Waals surface area contributed by atoms with Gasteiger partial charge in [-0.05, 0) is 6.92 Å². The molecule has 6 atom stereocenters. The van der Waals surface area contributed by atoms with E-state index in [1.807, 2.05) is 5.43 Å². The van der Waals surface area contributed by atoms with Crippen molar-refractivity contribution in [3.8, 4) is 11.8 Å². The van der Waals surface area contributed by atoms with Crippen molar-refractivity contribution in [1.29, 1.82) is 0 Å². The van der Waals surface area contributed by atoms with Crippen LogP contribution in [-0.4, -0.2) is 74.6 Å². The number of aliphatic hydroxyl groups is 2. The van der Waals surface area contributed by atoms with Gasteiger partial charge >= 0.3 is 29.4 Å². The summed E-state index contributed by atoms with van der Waals surface area (Å²) in [6, 6.07) is 0. The number of nitrogen functional groups attached to an aromatic ring is 1. The summed E-state index contributed by atoms with van der Waals surface area (Å²) >= 11 is 0. The van der Waals surface area contributed by atoms with Crippen molar-refractivity contribution in [2.24, 2.45) is 5.84 Å². The van der Waals surface area contributed by atoms with Gasteiger partial charge in [0.2, 0.25) is 0 Å². The zero-order valence-electron chi connectivity index (χ0n) is 18.9. The lowest BCUT2D eigenvalue weighted by Crippen LogP contribution is -2.44. The van der Waals surface area contributed by atoms with Crippen LogP contribution in [0.1, 0.15) is 18.7 Å². The van der Waals surface area contributed by atoms with E-state index in [9.17, 15) is 38.5 Å². The van der Waals surface area contributed by atoms with Crippen LogP contribution < -0.4 is 17.0 Å². The molecule has 2 unspecified atom stereocenters. The number of nitrogens with one attached hydrogen (secondary N) is 1. The van der Waals surface area contributed by atoms with E-state index in [0.29, 0.717) is 0 Å². The molecule has 20 nitrogen and oxygen atoms in total. The number of nitrogens with zero attached hydrogens (tertiary/aromatic N) is 3. The first-order valence-electron chi connectivity index (χ1n) is 9.85. The highest BCUT2D eigenvalue weighted by atomic mass is 31.3. The van der Waals surface area contributed by atoms with Crippen LogP contribution in [0.15, 0.2) is 12.5 Å². The molecule has 0 bridgehead atoms. The summed E-state index contributed by atoms with van der Waals surface area (Å²) < 4.78 is 52.7. The zero-order valence-corrected chi connectivity index (χ0v) is 21.6. The number of aliphatic hydroxyl groups excluding tert-OH is 1. The number of hydrogen-bond donors (Lipinski definition) is 9. The van der Waals surface area contributed by atoms with E-state index < -0.39 is 60.0 Å². The van der Waals surface area contributed by atoms with Crippen molar-refractivity contribution in [1.82, 2.24) is 20.0 Å². The van der Waals surface area contributed by atoms with Gasteiger partial charge in [0.15, 0.2) is 6.23 Å². The molecule has 3 heterocycles. The molecule has 2 aromatic rings. The van der Waals surface area contributed by atoms with Crippen LogP contribution in [0.3, 0.4) is 0 Å². The van der Waals surface area contributed by atoms with Gasteiger partial charge in [0.25, 0.3) is 0 Å². The first-order chi connectivity index (χ1) is 17.4. The van der Waals surface area contributed by atoms with Crippen molar-refractivity contribution in [2.75, 3.05) is 12.3 Å². The fourth-order valence-corrected chi connectivity index (χ4v) is 6.42. The maximum atomic E-state index is 12.0. The lowest BCUT2D eigenvalue weighted by molar-refractivity contribution is -0.115.